The van der Waals surface area contributed by atoms with Crippen molar-refractivity contribution in [1.29, 1.82) is 0 Å². The summed E-state index contributed by atoms with van der Waals surface area (Å²) in [6.45, 7) is 4.34. The minimum atomic E-state index is 0.521. The molecule has 0 bridgehead atoms. The molecule has 108 valence electrons. The van der Waals surface area contributed by atoms with Gasteiger partial charge in [0.15, 0.2) is 0 Å². The summed E-state index contributed by atoms with van der Waals surface area (Å²) < 4.78 is 6.80. The van der Waals surface area contributed by atoms with Crippen LogP contribution in [0.1, 0.15) is 17.1 Å². The molecule has 0 aromatic carbocycles. The van der Waals surface area contributed by atoms with Gasteiger partial charge in [0.1, 0.15) is 11.5 Å². The van der Waals surface area contributed by atoms with Crippen molar-refractivity contribution in [1.82, 2.24) is 24.9 Å². The highest BCUT2D eigenvalue weighted by atomic mass is 16.5. The highest BCUT2D eigenvalue weighted by Gasteiger charge is 2.09. The molecule has 3 heterocycles. The van der Waals surface area contributed by atoms with Crippen LogP contribution in [-0.4, -0.2) is 24.9 Å². The van der Waals surface area contributed by atoms with E-state index in [1.165, 1.54) is 0 Å². The van der Waals surface area contributed by atoms with E-state index in [4.69, 9.17) is 4.52 Å². The van der Waals surface area contributed by atoms with Crippen molar-refractivity contribution in [2.45, 2.75) is 20.4 Å². The first kappa shape index (κ1) is 13.3. The van der Waals surface area contributed by atoms with Crippen molar-refractivity contribution in [2.24, 2.45) is 7.05 Å². The van der Waals surface area contributed by atoms with Crippen LogP contribution in [0.25, 0.3) is 11.3 Å². The van der Waals surface area contributed by atoms with Gasteiger partial charge in [-0.25, -0.2) is 9.97 Å². The predicted molar refractivity (Wildman–Crippen MR) is 77.5 cm³/mol. The summed E-state index contributed by atoms with van der Waals surface area (Å²) >= 11 is 0. The Morgan fingerprint density at radius 3 is 2.86 bits per heavy atom. The van der Waals surface area contributed by atoms with E-state index in [1.54, 1.807) is 10.9 Å². The molecule has 0 aliphatic rings. The fraction of sp³-hybridized carbons (Fsp3) is 0.286. The van der Waals surface area contributed by atoms with E-state index in [0.717, 1.165) is 28.4 Å². The molecule has 3 aromatic rings. The van der Waals surface area contributed by atoms with Crippen LogP contribution in [-0.2, 0) is 13.6 Å². The Kier molecular flexibility index (Phi) is 3.39. The van der Waals surface area contributed by atoms with Gasteiger partial charge in [0, 0.05) is 31.1 Å². The lowest BCUT2D eigenvalue weighted by atomic mass is 10.2. The Labute approximate surface area is 122 Å². The minimum absolute atomic E-state index is 0.521. The average Bonchev–Trinajstić information content (AvgIpc) is 3.02. The monoisotopic (exact) mass is 284 g/mol. The molecule has 21 heavy (non-hydrogen) atoms. The molecule has 0 saturated carbocycles. The Balaban J connectivity index is 1.78. The molecule has 3 aromatic heterocycles. The summed E-state index contributed by atoms with van der Waals surface area (Å²) in [5.41, 5.74) is 3.60. The second kappa shape index (κ2) is 5.35. The zero-order chi connectivity index (χ0) is 14.8. The molecule has 0 amide bonds. The number of nitrogens with one attached hydrogen (secondary N) is 1. The standard InChI is InChI=1S/C14H16N6O/c1-9-6-11(19-21-9)7-16-14-15-5-4-13(17-14)12-8-20(3)18-10(12)2/h4-6,8H,7H2,1-3H3,(H,15,16,17). The second-order valence-electron chi connectivity index (χ2n) is 4.85. The molecular weight excluding hydrogens is 268 g/mol. The van der Waals surface area contributed by atoms with Crippen molar-refractivity contribution in [3.63, 3.8) is 0 Å². The van der Waals surface area contributed by atoms with Gasteiger partial charge in [-0.3, -0.25) is 4.68 Å². The molecular formula is C14H16N6O. The number of aromatic nitrogens is 5. The lowest BCUT2D eigenvalue weighted by Gasteiger charge is -2.04. The van der Waals surface area contributed by atoms with Crippen LogP contribution >= 0.6 is 0 Å². The second-order valence-corrected chi connectivity index (χ2v) is 4.85. The summed E-state index contributed by atoms with van der Waals surface area (Å²) in [4.78, 5) is 8.72. The molecule has 0 unspecified atom stereocenters. The van der Waals surface area contributed by atoms with Crippen LogP contribution in [0.4, 0.5) is 5.95 Å². The Morgan fingerprint density at radius 1 is 1.33 bits per heavy atom. The fourth-order valence-corrected chi connectivity index (χ4v) is 2.12. The summed E-state index contributed by atoms with van der Waals surface area (Å²) in [6, 6.07) is 3.75. The fourth-order valence-electron chi connectivity index (χ4n) is 2.12. The van der Waals surface area contributed by atoms with E-state index >= 15 is 0 Å². The number of anilines is 1. The van der Waals surface area contributed by atoms with Crippen molar-refractivity contribution in [3.8, 4) is 11.3 Å². The van der Waals surface area contributed by atoms with Gasteiger partial charge < -0.3 is 9.84 Å². The topological polar surface area (TPSA) is 81.7 Å². The normalized spacial score (nSPS) is 10.8. The number of nitrogens with zero attached hydrogens (tertiary/aromatic N) is 5. The first-order chi connectivity index (χ1) is 10.1. The lowest BCUT2D eigenvalue weighted by Crippen LogP contribution is -2.04. The molecule has 0 aliphatic heterocycles. The largest absolute Gasteiger partial charge is 0.361 e. The smallest absolute Gasteiger partial charge is 0.223 e. The van der Waals surface area contributed by atoms with E-state index in [1.807, 2.05) is 39.2 Å². The third-order valence-corrected chi connectivity index (χ3v) is 3.05. The van der Waals surface area contributed by atoms with E-state index < -0.39 is 0 Å². The molecule has 0 fully saturated rings. The quantitative estimate of drug-likeness (QED) is 0.790. The van der Waals surface area contributed by atoms with E-state index in [0.29, 0.717) is 12.5 Å². The molecule has 3 rings (SSSR count). The maximum Gasteiger partial charge on any atom is 0.223 e. The molecule has 7 nitrogen and oxygen atoms in total. The van der Waals surface area contributed by atoms with Crippen molar-refractivity contribution >= 4 is 5.95 Å². The van der Waals surface area contributed by atoms with Crippen molar-refractivity contribution in [3.05, 3.63) is 41.7 Å². The van der Waals surface area contributed by atoms with Gasteiger partial charge in [0.2, 0.25) is 5.95 Å². The Hall–Kier alpha value is -2.70. The van der Waals surface area contributed by atoms with E-state index in [-0.39, 0.29) is 0 Å². The van der Waals surface area contributed by atoms with E-state index in [9.17, 15) is 0 Å². The molecule has 0 spiro atoms. The van der Waals surface area contributed by atoms with Crippen LogP contribution in [0.5, 0.6) is 0 Å². The summed E-state index contributed by atoms with van der Waals surface area (Å²) in [5.74, 6) is 1.34. The van der Waals surface area contributed by atoms with Crippen LogP contribution in [0, 0.1) is 13.8 Å². The zero-order valence-corrected chi connectivity index (χ0v) is 12.2. The molecule has 1 N–H and O–H groups in total. The Morgan fingerprint density at radius 2 is 2.19 bits per heavy atom. The van der Waals surface area contributed by atoms with Gasteiger partial charge in [-0.15, -0.1) is 0 Å². The first-order valence-corrected chi connectivity index (χ1v) is 6.61. The minimum Gasteiger partial charge on any atom is -0.361 e. The van der Waals surface area contributed by atoms with Crippen LogP contribution < -0.4 is 5.32 Å². The number of hydrogen-bond donors (Lipinski definition) is 1. The Bertz CT molecular complexity index is 760. The first-order valence-electron chi connectivity index (χ1n) is 6.61. The van der Waals surface area contributed by atoms with Gasteiger partial charge in [-0.1, -0.05) is 5.16 Å². The maximum absolute atomic E-state index is 5.02. The third kappa shape index (κ3) is 2.91. The number of aryl methyl sites for hydroxylation is 3. The molecule has 0 radical (unpaired) electrons. The SMILES string of the molecule is Cc1cc(CNc2nccc(-c3cn(C)nc3C)n2)no1. The molecule has 7 heteroatoms. The summed E-state index contributed by atoms with van der Waals surface area (Å²) in [6.07, 6.45) is 3.67. The van der Waals surface area contributed by atoms with Gasteiger partial charge in [0.05, 0.1) is 17.9 Å². The van der Waals surface area contributed by atoms with Gasteiger partial charge >= 0.3 is 0 Å². The maximum atomic E-state index is 5.02. The predicted octanol–water partition coefficient (Wildman–Crippen LogP) is 2.09. The number of hydrogen-bond acceptors (Lipinski definition) is 6. The molecule has 0 atom stereocenters. The van der Waals surface area contributed by atoms with Crippen LogP contribution in [0.2, 0.25) is 0 Å². The van der Waals surface area contributed by atoms with Crippen molar-refractivity contribution in [2.75, 3.05) is 5.32 Å². The van der Waals surface area contributed by atoms with Crippen LogP contribution in [0.3, 0.4) is 0 Å². The molecule has 0 saturated heterocycles. The van der Waals surface area contributed by atoms with Gasteiger partial charge in [0.25, 0.3) is 0 Å². The summed E-state index contributed by atoms with van der Waals surface area (Å²) in [5, 5.41) is 11.4. The summed E-state index contributed by atoms with van der Waals surface area (Å²) in [7, 11) is 1.89. The van der Waals surface area contributed by atoms with Crippen LogP contribution in [0.15, 0.2) is 29.0 Å². The lowest BCUT2D eigenvalue weighted by molar-refractivity contribution is 0.391. The third-order valence-electron chi connectivity index (χ3n) is 3.05. The number of rotatable bonds is 4. The average molecular weight is 284 g/mol. The zero-order valence-electron chi connectivity index (χ0n) is 12.2. The molecule has 0 aliphatic carbocycles. The van der Waals surface area contributed by atoms with Gasteiger partial charge in [-0.05, 0) is 19.9 Å². The van der Waals surface area contributed by atoms with Gasteiger partial charge in [-0.2, -0.15) is 5.10 Å². The highest BCUT2D eigenvalue weighted by molar-refractivity contribution is 5.61. The van der Waals surface area contributed by atoms with E-state index in [2.05, 4.69) is 25.5 Å². The van der Waals surface area contributed by atoms with Crippen molar-refractivity contribution < 1.29 is 4.52 Å². The highest BCUT2D eigenvalue weighted by Crippen LogP contribution is 2.20.